The Kier molecular flexibility index (Phi) is 9.39. The molecule has 5 nitrogen and oxygen atoms in total. The number of nitrogens with one attached hydrogen (secondary N) is 2. The number of aliphatic imine (C=N–C) groups is 1. The Hall–Kier alpha value is -1.30. The van der Waals surface area contributed by atoms with Gasteiger partial charge in [-0.15, -0.1) is 0 Å². The van der Waals surface area contributed by atoms with Gasteiger partial charge in [0.1, 0.15) is 0 Å². The lowest BCUT2D eigenvalue weighted by Crippen LogP contribution is -2.41. The molecule has 152 valence electrons. The fourth-order valence-corrected chi connectivity index (χ4v) is 4.04. The molecule has 2 atom stereocenters. The van der Waals surface area contributed by atoms with Crippen molar-refractivity contribution in [3.63, 3.8) is 0 Å². The maximum Gasteiger partial charge on any atom is 0.191 e. The Bertz CT molecular complexity index is 588. The summed E-state index contributed by atoms with van der Waals surface area (Å²) in [6, 6.07) is 8.31. The molecule has 0 saturated carbocycles. The van der Waals surface area contributed by atoms with E-state index in [1.807, 2.05) is 12.1 Å². The molecule has 1 aliphatic rings. The molecule has 2 rings (SSSR count). The van der Waals surface area contributed by atoms with E-state index in [-0.39, 0.29) is 6.04 Å². The highest BCUT2D eigenvalue weighted by atomic mass is 35.5. The highest BCUT2D eigenvalue weighted by molar-refractivity contribution is 6.31. The van der Waals surface area contributed by atoms with Crippen LogP contribution in [-0.2, 0) is 0 Å². The summed E-state index contributed by atoms with van der Waals surface area (Å²) < 4.78 is 0. The second kappa shape index (κ2) is 11.5. The number of likely N-dealkylation sites (tertiary alicyclic amines) is 1. The molecular weight excluding hydrogens is 358 g/mol. The van der Waals surface area contributed by atoms with E-state index >= 15 is 0 Å². The molecule has 2 unspecified atom stereocenters. The summed E-state index contributed by atoms with van der Waals surface area (Å²) in [7, 11) is 2.19. The maximum absolute atomic E-state index is 6.50. The van der Waals surface area contributed by atoms with Crippen LogP contribution in [0, 0.1) is 5.92 Å². The molecule has 0 amide bonds. The summed E-state index contributed by atoms with van der Waals surface area (Å²) in [5, 5.41) is 7.74. The lowest BCUT2D eigenvalue weighted by Gasteiger charge is -2.29. The standard InChI is InChI=1S/C21H36ClN5/c1-5-23-21(24-14-17-12-13-26(4)16-17)25-15-20(27(6-2)7-3)18-10-8-9-11-19(18)22/h8-11,17,20H,5-7,12-16H2,1-4H3,(H2,23,24,25). The summed E-state index contributed by atoms with van der Waals surface area (Å²) in [5.74, 6) is 1.59. The molecule has 1 heterocycles. The lowest BCUT2D eigenvalue weighted by atomic mass is 10.1. The van der Waals surface area contributed by atoms with E-state index in [1.165, 1.54) is 13.0 Å². The van der Waals surface area contributed by atoms with Gasteiger partial charge in [0.25, 0.3) is 0 Å². The van der Waals surface area contributed by atoms with Gasteiger partial charge < -0.3 is 15.5 Å². The predicted molar refractivity (Wildman–Crippen MR) is 117 cm³/mol. The molecule has 0 spiro atoms. The smallest absolute Gasteiger partial charge is 0.191 e. The largest absolute Gasteiger partial charge is 0.357 e. The molecule has 0 aromatic heterocycles. The first-order valence-corrected chi connectivity index (χ1v) is 10.7. The molecular formula is C21H36ClN5. The van der Waals surface area contributed by atoms with E-state index < -0.39 is 0 Å². The number of halogens is 1. The zero-order valence-corrected chi connectivity index (χ0v) is 18.1. The number of nitrogens with zero attached hydrogens (tertiary/aromatic N) is 3. The number of hydrogen-bond donors (Lipinski definition) is 2. The molecule has 1 fully saturated rings. The molecule has 6 heteroatoms. The number of guanidine groups is 1. The predicted octanol–water partition coefficient (Wildman–Crippen LogP) is 3.23. The second-order valence-electron chi connectivity index (χ2n) is 7.28. The topological polar surface area (TPSA) is 42.9 Å². The summed E-state index contributed by atoms with van der Waals surface area (Å²) in [5.41, 5.74) is 1.15. The first-order chi connectivity index (χ1) is 13.1. The number of rotatable bonds is 9. The van der Waals surface area contributed by atoms with Crippen LogP contribution in [0.2, 0.25) is 5.02 Å². The third-order valence-corrected chi connectivity index (χ3v) is 5.68. The van der Waals surface area contributed by atoms with Gasteiger partial charge in [-0.3, -0.25) is 9.89 Å². The fraction of sp³-hybridized carbons (Fsp3) is 0.667. The van der Waals surface area contributed by atoms with Crippen molar-refractivity contribution < 1.29 is 0 Å². The molecule has 0 radical (unpaired) electrons. The minimum absolute atomic E-state index is 0.182. The van der Waals surface area contributed by atoms with Crippen LogP contribution < -0.4 is 10.6 Å². The molecule has 1 aromatic rings. The number of benzene rings is 1. The zero-order chi connectivity index (χ0) is 19.6. The minimum Gasteiger partial charge on any atom is -0.357 e. The average Bonchev–Trinajstić information content (AvgIpc) is 3.09. The normalized spacial score (nSPS) is 19.5. The van der Waals surface area contributed by atoms with Gasteiger partial charge in [-0.25, -0.2) is 0 Å². The quantitative estimate of drug-likeness (QED) is 0.499. The molecule has 0 aliphatic carbocycles. The van der Waals surface area contributed by atoms with Crippen molar-refractivity contribution in [2.45, 2.75) is 33.2 Å². The van der Waals surface area contributed by atoms with Gasteiger partial charge in [-0.1, -0.05) is 43.6 Å². The molecule has 0 bridgehead atoms. The van der Waals surface area contributed by atoms with Gasteiger partial charge in [-0.2, -0.15) is 0 Å². The molecule has 2 N–H and O–H groups in total. The lowest BCUT2D eigenvalue weighted by molar-refractivity contribution is 0.224. The third kappa shape index (κ3) is 6.66. The molecule has 1 aromatic carbocycles. The van der Waals surface area contributed by atoms with Crippen molar-refractivity contribution >= 4 is 17.6 Å². The first kappa shape index (κ1) is 22.0. The van der Waals surface area contributed by atoms with Crippen LogP contribution in [0.15, 0.2) is 29.3 Å². The van der Waals surface area contributed by atoms with E-state index in [1.54, 1.807) is 0 Å². The van der Waals surface area contributed by atoms with Gasteiger partial charge in [0.05, 0.1) is 12.6 Å². The van der Waals surface area contributed by atoms with Crippen molar-refractivity contribution in [3.8, 4) is 0 Å². The first-order valence-electron chi connectivity index (χ1n) is 10.3. The maximum atomic E-state index is 6.50. The highest BCUT2D eigenvalue weighted by Crippen LogP contribution is 2.27. The summed E-state index contributed by atoms with van der Waals surface area (Å²) in [6.45, 7) is 13.3. The third-order valence-electron chi connectivity index (χ3n) is 5.33. The second-order valence-corrected chi connectivity index (χ2v) is 7.68. The van der Waals surface area contributed by atoms with Gasteiger partial charge in [0.15, 0.2) is 5.96 Å². The number of likely N-dealkylation sites (N-methyl/N-ethyl adjacent to an activating group) is 1. The van der Waals surface area contributed by atoms with Crippen LogP contribution in [0.5, 0.6) is 0 Å². The van der Waals surface area contributed by atoms with Crippen LogP contribution in [0.3, 0.4) is 0 Å². The van der Waals surface area contributed by atoms with E-state index in [0.29, 0.717) is 12.5 Å². The Morgan fingerprint density at radius 1 is 1.26 bits per heavy atom. The van der Waals surface area contributed by atoms with E-state index in [0.717, 1.165) is 49.3 Å². The van der Waals surface area contributed by atoms with Crippen LogP contribution >= 0.6 is 11.6 Å². The van der Waals surface area contributed by atoms with Crippen LogP contribution in [-0.4, -0.2) is 68.6 Å². The Morgan fingerprint density at radius 2 is 2.00 bits per heavy atom. The summed E-state index contributed by atoms with van der Waals surface area (Å²) in [6.07, 6.45) is 1.25. The average molecular weight is 394 g/mol. The van der Waals surface area contributed by atoms with Crippen LogP contribution in [0.1, 0.15) is 38.8 Å². The summed E-state index contributed by atoms with van der Waals surface area (Å²) in [4.78, 5) is 9.72. The Morgan fingerprint density at radius 3 is 2.59 bits per heavy atom. The molecule has 27 heavy (non-hydrogen) atoms. The molecule has 1 saturated heterocycles. The van der Waals surface area contributed by atoms with Crippen molar-refractivity contribution in [1.29, 1.82) is 0 Å². The molecule has 1 aliphatic heterocycles. The number of hydrogen-bond acceptors (Lipinski definition) is 3. The van der Waals surface area contributed by atoms with Crippen LogP contribution in [0.4, 0.5) is 0 Å². The van der Waals surface area contributed by atoms with Gasteiger partial charge in [-0.05, 0) is 57.6 Å². The van der Waals surface area contributed by atoms with E-state index in [9.17, 15) is 0 Å². The van der Waals surface area contributed by atoms with E-state index in [4.69, 9.17) is 16.6 Å². The zero-order valence-electron chi connectivity index (χ0n) is 17.3. The Balaban J connectivity index is 2.08. The van der Waals surface area contributed by atoms with Crippen molar-refractivity contribution in [3.05, 3.63) is 34.9 Å². The monoisotopic (exact) mass is 393 g/mol. The van der Waals surface area contributed by atoms with Crippen molar-refractivity contribution in [2.24, 2.45) is 10.9 Å². The van der Waals surface area contributed by atoms with Gasteiger partial charge in [0.2, 0.25) is 0 Å². The van der Waals surface area contributed by atoms with Gasteiger partial charge >= 0.3 is 0 Å². The highest BCUT2D eigenvalue weighted by Gasteiger charge is 2.21. The summed E-state index contributed by atoms with van der Waals surface area (Å²) >= 11 is 6.50. The SMILES string of the molecule is CCNC(=NCC(c1ccccc1Cl)N(CC)CC)NCC1CCN(C)C1. The fourth-order valence-electron chi connectivity index (χ4n) is 3.77. The minimum atomic E-state index is 0.182. The van der Waals surface area contributed by atoms with Gasteiger partial charge in [0, 0.05) is 24.7 Å². The van der Waals surface area contributed by atoms with Crippen molar-refractivity contribution in [1.82, 2.24) is 20.4 Å². The Labute approximate surface area is 170 Å². The van der Waals surface area contributed by atoms with Crippen LogP contribution in [0.25, 0.3) is 0 Å². The van der Waals surface area contributed by atoms with Crippen molar-refractivity contribution in [2.75, 3.05) is 52.9 Å². The van der Waals surface area contributed by atoms with E-state index in [2.05, 4.69) is 60.4 Å².